The molecule has 0 spiro atoms. The number of nitrogens with zero attached hydrogens (tertiary/aromatic N) is 2. The molecule has 0 unspecified atom stereocenters. The van der Waals surface area contributed by atoms with Gasteiger partial charge in [-0.15, -0.1) is 0 Å². The molecule has 0 atom stereocenters. The Morgan fingerprint density at radius 3 is 0.753 bits per heavy atom. The topological polar surface area (TPSA) is 25.3 Å². The van der Waals surface area contributed by atoms with E-state index in [0.29, 0.717) is 0 Å². The van der Waals surface area contributed by atoms with Crippen LogP contribution in [0.1, 0.15) is 474 Å². The number of allylic oxidation sites excluding steroid dienone is 2. The molecule has 0 amide bonds. The van der Waals surface area contributed by atoms with Gasteiger partial charge >= 0.3 is 20.4 Å². The van der Waals surface area contributed by atoms with E-state index in [1.165, 1.54) is 419 Å². The molecule has 1 aliphatic rings. The number of hydrogen-bond acceptors (Lipinski definition) is 0. The summed E-state index contributed by atoms with van der Waals surface area (Å²) in [6.45, 7) is 19.2. The second-order valence-electron chi connectivity index (χ2n) is 29.2. The van der Waals surface area contributed by atoms with Crippen molar-refractivity contribution in [1.29, 1.82) is 0 Å². The largest absolute Gasteiger partial charge is 2.00 e. The summed E-state index contributed by atoms with van der Waals surface area (Å²) >= 11 is 0. The predicted octanol–water partition coefficient (Wildman–Crippen LogP) is 32.7. The third kappa shape index (κ3) is 57.8. The van der Waals surface area contributed by atoms with Gasteiger partial charge in [0.05, 0.1) is 0 Å². The minimum atomic E-state index is 0. The Morgan fingerprint density at radius 1 is 0.269 bits per heavy atom. The Kier molecular flexibility index (Phi) is 73.0. The van der Waals surface area contributed by atoms with E-state index in [1.807, 2.05) is 0 Å². The van der Waals surface area contributed by atoms with Crippen LogP contribution in [0.4, 0.5) is 0 Å². The van der Waals surface area contributed by atoms with Crippen molar-refractivity contribution in [2.24, 2.45) is 0 Å². The zero-order chi connectivity index (χ0) is 66.4. The Morgan fingerprint density at radius 2 is 0.484 bits per heavy atom. The molecule has 0 fully saturated rings. The van der Waals surface area contributed by atoms with Gasteiger partial charge in [-0.1, -0.05) is 438 Å². The fourth-order valence-corrected chi connectivity index (χ4v) is 13.9. The summed E-state index contributed by atoms with van der Waals surface area (Å²) in [7, 11) is 0. The number of unbranched alkanes of at least 4 members (excludes halogenated alkanes) is 59. The van der Waals surface area contributed by atoms with Crippen molar-refractivity contribution in [3.05, 3.63) is 102 Å². The van der Waals surface area contributed by atoms with Crippen LogP contribution in [-0.2, 0) is 33.3 Å². The minimum Gasteiger partial charge on any atom is -0.493 e. The van der Waals surface area contributed by atoms with Gasteiger partial charge in [0.15, 0.2) is 0 Å². The molecule has 542 valence electrons. The van der Waals surface area contributed by atoms with Crippen molar-refractivity contribution in [2.75, 3.05) is 0 Å². The summed E-state index contributed by atoms with van der Waals surface area (Å²) in [5.41, 5.74) is 19.8. The van der Waals surface area contributed by atoms with Gasteiger partial charge in [-0.05, 0) is 73.9 Å². The van der Waals surface area contributed by atoms with E-state index >= 15 is 0 Å². The molecule has 0 bridgehead atoms. The van der Waals surface area contributed by atoms with Gasteiger partial charge in [-0.25, -0.2) is 4.70 Å². The fourth-order valence-electron chi connectivity index (χ4n) is 13.9. The Labute approximate surface area is 599 Å². The molecule has 0 aliphatic carbocycles. The number of rotatable bonds is 67. The summed E-state index contributed by atoms with van der Waals surface area (Å²) in [4.78, 5) is 0. The van der Waals surface area contributed by atoms with Crippen molar-refractivity contribution in [1.82, 2.24) is 0 Å². The van der Waals surface area contributed by atoms with Crippen LogP contribution < -0.4 is 0 Å². The molecule has 2 nitrogen and oxygen atoms in total. The third-order valence-corrected chi connectivity index (χ3v) is 20.1. The Balaban J connectivity index is 0.00000142. The molecule has 3 heteroatoms. The smallest absolute Gasteiger partial charge is 0.493 e. The molecule has 2 aromatic rings. The predicted molar refractivity (Wildman–Crippen MR) is 418 cm³/mol. The van der Waals surface area contributed by atoms with Crippen LogP contribution in [0.3, 0.4) is 0 Å². The zero-order valence-corrected chi connectivity index (χ0v) is 65.3. The SMILES string of the molecule is CCCCCCCCc1cccc(C2=CC(CCCCCC)=C(c3cccc(CCCCCCCC)c3)[N+]2=[N-])c1.[CH2-]CCCCCCCCCCCCCCCCCCCCCCCCC.[CH2-]CCCCCCCCCCCCCCCCCCCCCCCCC.[Pd+2]. The Bertz CT molecular complexity index is 1790. The van der Waals surface area contributed by atoms with E-state index in [1.54, 1.807) is 0 Å². The summed E-state index contributed by atoms with van der Waals surface area (Å²) in [6.07, 6.45) is 95.8. The second kappa shape index (κ2) is 74.4. The molecule has 3 rings (SSSR count). The van der Waals surface area contributed by atoms with E-state index in [-0.39, 0.29) is 20.4 Å². The quantitative estimate of drug-likeness (QED) is 0.0273. The monoisotopic (exact) mass is 1380 g/mol. The van der Waals surface area contributed by atoms with Gasteiger partial charge in [-0.3, -0.25) is 0 Å². The van der Waals surface area contributed by atoms with E-state index < -0.39 is 0 Å². The minimum absolute atomic E-state index is 0. The van der Waals surface area contributed by atoms with Crippen LogP contribution >= 0.6 is 0 Å². The first-order chi connectivity index (χ1) is 45.5. The zero-order valence-electron chi connectivity index (χ0n) is 63.7. The van der Waals surface area contributed by atoms with E-state index in [2.05, 4.69) is 103 Å². The average Bonchev–Trinajstić information content (AvgIpc) is 1.65. The van der Waals surface area contributed by atoms with Gasteiger partial charge < -0.3 is 19.4 Å². The van der Waals surface area contributed by atoms with Gasteiger partial charge in [0.1, 0.15) is 0 Å². The molecule has 93 heavy (non-hydrogen) atoms. The maximum atomic E-state index is 11.6. The van der Waals surface area contributed by atoms with Crippen LogP contribution in [0.25, 0.3) is 16.9 Å². The summed E-state index contributed by atoms with van der Waals surface area (Å²) in [5, 5.41) is 0. The molecule has 0 radical (unpaired) electrons. The van der Waals surface area contributed by atoms with Crippen molar-refractivity contribution in [2.45, 2.75) is 465 Å². The molecule has 1 heterocycles. The first kappa shape index (κ1) is 91.2. The first-order valence-electron chi connectivity index (χ1n) is 42.2. The van der Waals surface area contributed by atoms with Gasteiger partial charge in [0.25, 0.3) is 0 Å². The molecule has 1 aliphatic heterocycles. The van der Waals surface area contributed by atoms with Crippen LogP contribution in [0.5, 0.6) is 0 Å². The second-order valence-corrected chi connectivity index (χ2v) is 29.2. The number of benzene rings is 2. The molecular formula is C90H162N2Pd. The van der Waals surface area contributed by atoms with Crippen LogP contribution in [0.15, 0.2) is 60.2 Å². The molecule has 0 aromatic heterocycles. The maximum Gasteiger partial charge on any atom is 2.00 e. The van der Waals surface area contributed by atoms with E-state index in [9.17, 15) is 5.53 Å². The Hall–Kier alpha value is -1.82. The summed E-state index contributed by atoms with van der Waals surface area (Å²) < 4.78 is 1.49. The average molecular weight is 1380 g/mol. The van der Waals surface area contributed by atoms with Gasteiger partial charge in [-0.2, -0.15) is 12.8 Å². The van der Waals surface area contributed by atoms with E-state index in [0.717, 1.165) is 54.6 Å². The van der Waals surface area contributed by atoms with Gasteiger partial charge in [0.2, 0.25) is 11.4 Å². The standard InChI is InChI=1S/C38H56N2.2C26H53.Pd/c1-4-7-10-13-15-17-22-32-24-20-27-34(29-32)37-31-36(26-19-12-9-6-3)38(40(37)39)35-28-21-25-33(30-35)23-18-16-14-11-8-5-2;2*1-3-5-7-9-11-13-15-17-19-21-23-25-26-24-22-20-18-16-14-12-10-8-6-4-2;/h20-21,24-25,27-31H,4-19,22-23,26H2,1-3H3;2*1,3-26H2,2H3;/q;2*-1;+2. The fraction of sp³-hybridized carbons (Fsp3) is 0.800. The summed E-state index contributed by atoms with van der Waals surface area (Å²) in [5.74, 6) is 0. The number of aryl methyl sites for hydroxylation is 2. The van der Waals surface area contributed by atoms with Crippen LogP contribution in [0, 0.1) is 13.8 Å². The third-order valence-electron chi connectivity index (χ3n) is 20.1. The van der Waals surface area contributed by atoms with Gasteiger partial charge in [0, 0.05) is 22.8 Å². The molecule has 0 N–H and O–H groups in total. The normalized spacial score (nSPS) is 12.1. The molecule has 0 saturated carbocycles. The summed E-state index contributed by atoms with van der Waals surface area (Å²) in [6, 6.07) is 17.8. The molecule has 2 aromatic carbocycles. The van der Waals surface area contributed by atoms with Crippen molar-refractivity contribution in [3.63, 3.8) is 0 Å². The number of hydrogen-bond donors (Lipinski definition) is 0. The molecule has 0 saturated heterocycles. The van der Waals surface area contributed by atoms with Crippen molar-refractivity contribution in [3.8, 4) is 0 Å². The first-order valence-corrected chi connectivity index (χ1v) is 42.2. The maximum absolute atomic E-state index is 11.6. The van der Waals surface area contributed by atoms with E-state index in [4.69, 9.17) is 0 Å². The van der Waals surface area contributed by atoms with Crippen molar-refractivity contribution < 1.29 is 25.1 Å². The van der Waals surface area contributed by atoms with Crippen LogP contribution in [-0.4, -0.2) is 4.70 Å². The molecular weight excluding hydrogens is 1220 g/mol. The van der Waals surface area contributed by atoms with Crippen molar-refractivity contribution >= 4 is 11.4 Å². The van der Waals surface area contributed by atoms with Crippen LogP contribution in [0.2, 0.25) is 0 Å².